The van der Waals surface area contributed by atoms with Gasteiger partial charge in [0.25, 0.3) is 0 Å². The molecule has 1 rings (SSSR count). The standard InChI is InChI=1S/C12H18N4O2/c1-9(2)16(8-11(13)15-18)12(17)14-10-6-4-3-5-7-10/h3-7,9,18H,8H2,1-2H3,(H2,13,15)(H,14,17). The van der Waals surface area contributed by atoms with Crippen LogP contribution in [0.3, 0.4) is 0 Å². The van der Waals surface area contributed by atoms with E-state index in [0.29, 0.717) is 5.69 Å². The van der Waals surface area contributed by atoms with E-state index in [4.69, 9.17) is 10.9 Å². The number of amidine groups is 1. The molecule has 0 unspecified atom stereocenters. The van der Waals surface area contributed by atoms with E-state index in [-0.39, 0.29) is 24.5 Å². The first-order valence-corrected chi connectivity index (χ1v) is 5.63. The second kappa shape index (κ2) is 6.48. The van der Waals surface area contributed by atoms with Gasteiger partial charge in [-0.05, 0) is 26.0 Å². The quantitative estimate of drug-likeness (QED) is 0.328. The lowest BCUT2D eigenvalue weighted by Crippen LogP contribution is -2.45. The number of nitrogens with zero attached hydrogens (tertiary/aromatic N) is 2. The highest BCUT2D eigenvalue weighted by Gasteiger charge is 2.18. The van der Waals surface area contributed by atoms with Crippen LogP contribution < -0.4 is 11.1 Å². The van der Waals surface area contributed by atoms with E-state index in [1.54, 1.807) is 12.1 Å². The van der Waals surface area contributed by atoms with Crippen LogP contribution in [0.4, 0.5) is 10.5 Å². The fourth-order valence-electron chi connectivity index (χ4n) is 1.41. The molecule has 2 amide bonds. The maximum absolute atomic E-state index is 12.0. The van der Waals surface area contributed by atoms with Crippen molar-refractivity contribution in [3.8, 4) is 0 Å². The summed E-state index contributed by atoms with van der Waals surface area (Å²) in [5.74, 6) is -0.00749. The number of benzene rings is 1. The Morgan fingerprint density at radius 3 is 2.56 bits per heavy atom. The third kappa shape index (κ3) is 3.97. The molecular formula is C12H18N4O2. The van der Waals surface area contributed by atoms with Crippen molar-refractivity contribution in [3.05, 3.63) is 30.3 Å². The Morgan fingerprint density at radius 1 is 1.44 bits per heavy atom. The molecule has 6 heteroatoms. The topological polar surface area (TPSA) is 90.9 Å². The minimum Gasteiger partial charge on any atom is -0.409 e. The summed E-state index contributed by atoms with van der Waals surface area (Å²) in [4.78, 5) is 13.5. The number of amides is 2. The summed E-state index contributed by atoms with van der Waals surface area (Å²) in [7, 11) is 0. The summed E-state index contributed by atoms with van der Waals surface area (Å²) in [6.07, 6.45) is 0. The lowest BCUT2D eigenvalue weighted by molar-refractivity contribution is 0.205. The number of para-hydroxylation sites is 1. The molecule has 1 aromatic rings. The molecule has 0 heterocycles. The Bertz CT molecular complexity index is 417. The largest absolute Gasteiger partial charge is 0.409 e. The molecule has 0 atom stereocenters. The molecule has 98 valence electrons. The molecular weight excluding hydrogens is 232 g/mol. The Hall–Kier alpha value is -2.24. The van der Waals surface area contributed by atoms with Crippen LogP contribution in [0.5, 0.6) is 0 Å². The molecule has 6 nitrogen and oxygen atoms in total. The molecule has 0 bridgehead atoms. The summed E-state index contributed by atoms with van der Waals surface area (Å²) in [6.45, 7) is 3.79. The molecule has 0 radical (unpaired) electrons. The van der Waals surface area contributed by atoms with Crippen molar-refractivity contribution in [1.29, 1.82) is 0 Å². The number of oxime groups is 1. The van der Waals surface area contributed by atoms with Gasteiger partial charge in [0.15, 0.2) is 5.84 Å². The third-order valence-electron chi connectivity index (χ3n) is 2.37. The third-order valence-corrected chi connectivity index (χ3v) is 2.37. The second-order valence-electron chi connectivity index (χ2n) is 4.11. The number of nitrogens with two attached hydrogens (primary N) is 1. The monoisotopic (exact) mass is 250 g/mol. The van der Waals surface area contributed by atoms with E-state index in [2.05, 4.69) is 10.5 Å². The second-order valence-corrected chi connectivity index (χ2v) is 4.11. The molecule has 4 N–H and O–H groups in total. The molecule has 0 aromatic heterocycles. The van der Waals surface area contributed by atoms with E-state index < -0.39 is 0 Å². The predicted octanol–water partition coefficient (Wildman–Crippen LogP) is 1.68. The smallest absolute Gasteiger partial charge is 0.322 e. The average Bonchev–Trinajstić information content (AvgIpc) is 2.36. The lowest BCUT2D eigenvalue weighted by Gasteiger charge is -2.26. The Kier molecular flexibility index (Phi) is 4.98. The Morgan fingerprint density at radius 2 is 2.06 bits per heavy atom. The number of rotatable bonds is 4. The molecule has 0 aliphatic heterocycles. The highest BCUT2D eigenvalue weighted by molar-refractivity contribution is 5.93. The average molecular weight is 250 g/mol. The maximum atomic E-state index is 12.0. The highest BCUT2D eigenvalue weighted by atomic mass is 16.4. The Labute approximate surface area is 106 Å². The van der Waals surface area contributed by atoms with Gasteiger partial charge in [-0.1, -0.05) is 23.4 Å². The van der Waals surface area contributed by atoms with Crippen LogP contribution in [0, 0.1) is 0 Å². The summed E-state index contributed by atoms with van der Waals surface area (Å²) in [5, 5.41) is 14.2. The van der Waals surface area contributed by atoms with Gasteiger partial charge in [0.1, 0.15) is 0 Å². The van der Waals surface area contributed by atoms with Crippen LogP contribution in [0.1, 0.15) is 13.8 Å². The Balaban J connectivity index is 2.72. The van der Waals surface area contributed by atoms with Crippen molar-refractivity contribution in [3.63, 3.8) is 0 Å². The summed E-state index contributed by atoms with van der Waals surface area (Å²) < 4.78 is 0. The van der Waals surface area contributed by atoms with Crippen LogP contribution in [0.2, 0.25) is 0 Å². The van der Waals surface area contributed by atoms with Crippen molar-refractivity contribution < 1.29 is 10.0 Å². The van der Waals surface area contributed by atoms with E-state index >= 15 is 0 Å². The van der Waals surface area contributed by atoms with Crippen LogP contribution in [-0.4, -0.2) is 34.6 Å². The van der Waals surface area contributed by atoms with Crippen molar-refractivity contribution in [2.75, 3.05) is 11.9 Å². The van der Waals surface area contributed by atoms with Gasteiger partial charge in [0, 0.05) is 11.7 Å². The summed E-state index contributed by atoms with van der Waals surface area (Å²) in [5.41, 5.74) is 6.12. The number of hydrogen-bond acceptors (Lipinski definition) is 3. The molecule has 0 aliphatic rings. The molecule has 1 aromatic carbocycles. The van der Waals surface area contributed by atoms with E-state index in [1.165, 1.54) is 4.90 Å². The fourth-order valence-corrected chi connectivity index (χ4v) is 1.41. The molecule has 0 saturated carbocycles. The lowest BCUT2D eigenvalue weighted by atomic mass is 10.3. The SMILES string of the molecule is CC(C)N(CC(N)=NO)C(=O)Nc1ccccc1. The molecule has 0 saturated heterocycles. The minimum atomic E-state index is -0.289. The molecule has 0 spiro atoms. The molecule has 18 heavy (non-hydrogen) atoms. The molecule has 0 aliphatic carbocycles. The normalized spacial score (nSPS) is 11.4. The van der Waals surface area contributed by atoms with Crippen molar-refractivity contribution in [2.24, 2.45) is 10.9 Å². The van der Waals surface area contributed by atoms with Gasteiger partial charge in [-0.3, -0.25) is 0 Å². The predicted molar refractivity (Wildman–Crippen MR) is 70.7 cm³/mol. The number of hydrogen-bond donors (Lipinski definition) is 3. The first kappa shape index (κ1) is 13.8. The van der Waals surface area contributed by atoms with Gasteiger partial charge < -0.3 is 21.2 Å². The first-order chi connectivity index (χ1) is 8.54. The number of carbonyl (C=O) groups is 1. The zero-order chi connectivity index (χ0) is 13.5. The van der Waals surface area contributed by atoms with Crippen molar-refractivity contribution in [1.82, 2.24) is 4.90 Å². The van der Waals surface area contributed by atoms with Crippen LogP contribution in [0.25, 0.3) is 0 Å². The van der Waals surface area contributed by atoms with E-state index in [9.17, 15) is 4.79 Å². The number of anilines is 1. The van der Waals surface area contributed by atoms with Crippen molar-refractivity contribution in [2.45, 2.75) is 19.9 Å². The fraction of sp³-hybridized carbons (Fsp3) is 0.333. The first-order valence-electron chi connectivity index (χ1n) is 5.63. The van der Waals surface area contributed by atoms with Gasteiger partial charge in [-0.25, -0.2) is 4.79 Å². The van der Waals surface area contributed by atoms with Crippen LogP contribution in [0.15, 0.2) is 35.5 Å². The van der Waals surface area contributed by atoms with Crippen LogP contribution >= 0.6 is 0 Å². The van der Waals surface area contributed by atoms with Crippen molar-refractivity contribution >= 4 is 17.6 Å². The minimum absolute atomic E-state index is 0.00749. The van der Waals surface area contributed by atoms with Gasteiger partial charge in [-0.2, -0.15) is 0 Å². The van der Waals surface area contributed by atoms with E-state index in [1.807, 2.05) is 32.0 Å². The maximum Gasteiger partial charge on any atom is 0.322 e. The van der Waals surface area contributed by atoms with Gasteiger partial charge in [0.2, 0.25) is 0 Å². The summed E-state index contributed by atoms with van der Waals surface area (Å²) >= 11 is 0. The zero-order valence-electron chi connectivity index (χ0n) is 10.5. The highest BCUT2D eigenvalue weighted by Crippen LogP contribution is 2.08. The molecule has 0 fully saturated rings. The zero-order valence-corrected chi connectivity index (χ0v) is 10.5. The number of nitrogens with one attached hydrogen (secondary N) is 1. The van der Waals surface area contributed by atoms with Crippen LogP contribution in [-0.2, 0) is 0 Å². The number of urea groups is 1. The number of carbonyl (C=O) groups excluding carboxylic acids is 1. The van der Waals surface area contributed by atoms with Gasteiger partial charge in [-0.15, -0.1) is 0 Å². The summed E-state index contributed by atoms with van der Waals surface area (Å²) in [6, 6.07) is 8.76. The van der Waals surface area contributed by atoms with E-state index in [0.717, 1.165) is 0 Å². The van der Waals surface area contributed by atoms with Gasteiger partial charge in [0.05, 0.1) is 6.54 Å². The van der Waals surface area contributed by atoms with Gasteiger partial charge >= 0.3 is 6.03 Å².